The zero-order chi connectivity index (χ0) is 14.5. The van der Waals surface area contributed by atoms with E-state index in [2.05, 4.69) is 5.32 Å². The van der Waals surface area contributed by atoms with Crippen LogP contribution in [0.5, 0.6) is 5.75 Å². The standard InChI is InChI=1S/C15H22N2O3/c1-2-20-12-8-10(7-11(16)9-12)15(19)17-13-5-3-4-6-14(13)18/h7-9,13-14,18H,2-6,16H2,1H3,(H,17,19)/t13-,14-/m1/s1. The number of nitrogens with one attached hydrogen (secondary N) is 1. The van der Waals surface area contributed by atoms with E-state index in [9.17, 15) is 9.90 Å². The molecule has 1 aromatic carbocycles. The molecule has 110 valence electrons. The highest BCUT2D eigenvalue weighted by molar-refractivity contribution is 5.95. The van der Waals surface area contributed by atoms with Gasteiger partial charge in [-0.3, -0.25) is 4.79 Å². The molecule has 0 spiro atoms. The molecule has 0 radical (unpaired) electrons. The zero-order valence-electron chi connectivity index (χ0n) is 11.8. The first-order valence-electron chi connectivity index (χ1n) is 7.12. The maximum Gasteiger partial charge on any atom is 0.251 e. The molecule has 1 aromatic rings. The lowest BCUT2D eigenvalue weighted by atomic mass is 9.92. The van der Waals surface area contributed by atoms with Gasteiger partial charge in [0.1, 0.15) is 5.75 Å². The Bertz CT molecular complexity index is 476. The first-order chi connectivity index (χ1) is 9.60. The van der Waals surface area contributed by atoms with Crippen LogP contribution >= 0.6 is 0 Å². The highest BCUT2D eigenvalue weighted by Gasteiger charge is 2.25. The first kappa shape index (κ1) is 14.7. The van der Waals surface area contributed by atoms with E-state index in [-0.39, 0.29) is 11.9 Å². The topological polar surface area (TPSA) is 84.6 Å². The van der Waals surface area contributed by atoms with E-state index in [0.717, 1.165) is 25.7 Å². The summed E-state index contributed by atoms with van der Waals surface area (Å²) in [6.07, 6.45) is 3.14. The fourth-order valence-corrected chi connectivity index (χ4v) is 2.53. The number of benzene rings is 1. The van der Waals surface area contributed by atoms with E-state index in [1.165, 1.54) is 0 Å². The van der Waals surface area contributed by atoms with Gasteiger partial charge in [-0.15, -0.1) is 0 Å². The van der Waals surface area contributed by atoms with Crippen molar-refractivity contribution in [1.29, 1.82) is 0 Å². The molecular weight excluding hydrogens is 256 g/mol. The second-order valence-electron chi connectivity index (χ2n) is 5.16. The van der Waals surface area contributed by atoms with Crippen molar-refractivity contribution in [3.05, 3.63) is 23.8 Å². The minimum Gasteiger partial charge on any atom is -0.494 e. The SMILES string of the molecule is CCOc1cc(N)cc(C(=O)N[C@@H]2CCCC[C@H]2O)c1. The van der Waals surface area contributed by atoms with Crippen LogP contribution in [0.3, 0.4) is 0 Å². The summed E-state index contributed by atoms with van der Waals surface area (Å²) in [5, 5.41) is 12.8. The van der Waals surface area contributed by atoms with Crippen molar-refractivity contribution in [2.24, 2.45) is 0 Å². The van der Waals surface area contributed by atoms with Gasteiger partial charge in [0.05, 0.1) is 18.8 Å². The molecule has 2 rings (SSSR count). The largest absolute Gasteiger partial charge is 0.494 e. The number of hydrogen-bond donors (Lipinski definition) is 3. The van der Waals surface area contributed by atoms with Crippen LogP contribution in [0.1, 0.15) is 43.0 Å². The molecule has 1 aliphatic carbocycles. The number of anilines is 1. The van der Waals surface area contributed by atoms with Crippen LogP contribution in [-0.4, -0.2) is 29.8 Å². The van der Waals surface area contributed by atoms with Crippen LogP contribution < -0.4 is 15.8 Å². The number of hydrogen-bond acceptors (Lipinski definition) is 4. The Hall–Kier alpha value is -1.75. The lowest BCUT2D eigenvalue weighted by Crippen LogP contribution is -2.45. The number of aliphatic hydroxyl groups excluding tert-OH is 1. The molecule has 1 fully saturated rings. The van der Waals surface area contributed by atoms with Gasteiger partial charge in [-0.1, -0.05) is 12.8 Å². The molecule has 4 N–H and O–H groups in total. The van der Waals surface area contributed by atoms with E-state index in [0.29, 0.717) is 23.6 Å². The number of ether oxygens (including phenoxy) is 1. The zero-order valence-corrected chi connectivity index (χ0v) is 11.8. The lowest BCUT2D eigenvalue weighted by molar-refractivity contribution is 0.0717. The molecule has 5 nitrogen and oxygen atoms in total. The number of rotatable bonds is 4. The van der Waals surface area contributed by atoms with Crippen molar-refractivity contribution < 1.29 is 14.6 Å². The molecule has 2 atom stereocenters. The Morgan fingerprint density at radius 3 is 2.85 bits per heavy atom. The lowest BCUT2D eigenvalue weighted by Gasteiger charge is -2.28. The Balaban J connectivity index is 2.08. The summed E-state index contributed by atoms with van der Waals surface area (Å²) >= 11 is 0. The predicted octanol–water partition coefficient (Wildman–Crippen LogP) is 1.70. The van der Waals surface area contributed by atoms with Gasteiger partial charge < -0.3 is 20.9 Å². The molecule has 5 heteroatoms. The summed E-state index contributed by atoms with van der Waals surface area (Å²) in [6.45, 7) is 2.40. The quantitative estimate of drug-likeness (QED) is 0.732. The maximum absolute atomic E-state index is 12.2. The summed E-state index contributed by atoms with van der Waals surface area (Å²) in [5.41, 5.74) is 6.73. The second kappa shape index (κ2) is 6.61. The number of aliphatic hydroxyl groups is 1. The van der Waals surface area contributed by atoms with Gasteiger partial charge in [0.25, 0.3) is 5.91 Å². The molecular formula is C15H22N2O3. The smallest absolute Gasteiger partial charge is 0.251 e. The minimum absolute atomic E-state index is 0.173. The molecule has 0 unspecified atom stereocenters. The molecule has 20 heavy (non-hydrogen) atoms. The van der Waals surface area contributed by atoms with Crippen molar-refractivity contribution >= 4 is 11.6 Å². The van der Waals surface area contributed by atoms with Crippen molar-refractivity contribution in [2.45, 2.75) is 44.8 Å². The average Bonchev–Trinajstić information content (AvgIpc) is 2.41. The van der Waals surface area contributed by atoms with Crippen LogP contribution in [0.2, 0.25) is 0 Å². The Morgan fingerprint density at radius 2 is 2.15 bits per heavy atom. The van der Waals surface area contributed by atoms with Gasteiger partial charge in [0.15, 0.2) is 0 Å². The fourth-order valence-electron chi connectivity index (χ4n) is 2.53. The van der Waals surface area contributed by atoms with Crippen molar-refractivity contribution in [3.8, 4) is 5.75 Å². The van der Waals surface area contributed by atoms with E-state index < -0.39 is 6.10 Å². The van der Waals surface area contributed by atoms with Crippen molar-refractivity contribution in [3.63, 3.8) is 0 Å². The van der Waals surface area contributed by atoms with Crippen molar-refractivity contribution in [1.82, 2.24) is 5.32 Å². The van der Waals surface area contributed by atoms with Crippen molar-refractivity contribution in [2.75, 3.05) is 12.3 Å². The van der Waals surface area contributed by atoms with Gasteiger partial charge >= 0.3 is 0 Å². The average molecular weight is 278 g/mol. The normalized spacial score (nSPS) is 22.3. The third-order valence-electron chi connectivity index (χ3n) is 3.55. The van der Waals surface area contributed by atoms with Gasteiger partial charge in [-0.2, -0.15) is 0 Å². The summed E-state index contributed by atoms with van der Waals surface area (Å²) in [4.78, 5) is 12.2. The molecule has 0 aromatic heterocycles. The molecule has 1 aliphatic rings. The molecule has 0 bridgehead atoms. The summed E-state index contributed by atoms with van der Waals surface area (Å²) in [6, 6.07) is 4.81. The van der Waals surface area contributed by atoms with Gasteiger partial charge in [0.2, 0.25) is 0 Å². The number of amides is 1. The highest BCUT2D eigenvalue weighted by Crippen LogP contribution is 2.21. The predicted molar refractivity (Wildman–Crippen MR) is 77.8 cm³/mol. The molecule has 0 aliphatic heterocycles. The Labute approximate surface area is 119 Å². The van der Waals surface area contributed by atoms with E-state index in [1.807, 2.05) is 6.92 Å². The van der Waals surface area contributed by atoms with E-state index in [1.54, 1.807) is 18.2 Å². The van der Waals surface area contributed by atoms with Crippen LogP contribution in [0, 0.1) is 0 Å². The molecule has 0 heterocycles. The molecule has 1 amide bonds. The fraction of sp³-hybridized carbons (Fsp3) is 0.533. The minimum atomic E-state index is -0.458. The first-order valence-corrected chi connectivity index (χ1v) is 7.12. The van der Waals surface area contributed by atoms with Crippen LogP contribution in [0.15, 0.2) is 18.2 Å². The number of nitrogen functional groups attached to an aromatic ring is 1. The molecule has 1 saturated carbocycles. The summed E-state index contributed by atoms with van der Waals surface area (Å²) in [5.74, 6) is 0.367. The Morgan fingerprint density at radius 1 is 1.40 bits per heavy atom. The van der Waals surface area contributed by atoms with E-state index in [4.69, 9.17) is 10.5 Å². The molecule has 0 saturated heterocycles. The summed E-state index contributed by atoms with van der Waals surface area (Å²) in [7, 11) is 0. The third-order valence-corrected chi connectivity index (χ3v) is 3.55. The highest BCUT2D eigenvalue weighted by atomic mass is 16.5. The third kappa shape index (κ3) is 3.63. The van der Waals surface area contributed by atoms with Crippen LogP contribution in [-0.2, 0) is 0 Å². The number of carbonyl (C=O) groups is 1. The monoisotopic (exact) mass is 278 g/mol. The van der Waals surface area contributed by atoms with Crippen LogP contribution in [0.4, 0.5) is 5.69 Å². The number of nitrogens with two attached hydrogens (primary N) is 1. The maximum atomic E-state index is 12.2. The Kier molecular flexibility index (Phi) is 4.84. The van der Waals surface area contributed by atoms with E-state index >= 15 is 0 Å². The number of carbonyl (C=O) groups excluding carboxylic acids is 1. The summed E-state index contributed by atoms with van der Waals surface area (Å²) < 4.78 is 5.38. The van der Waals surface area contributed by atoms with Gasteiger partial charge in [-0.05, 0) is 31.9 Å². The second-order valence-corrected chi connectivity index (χ2v) is 5.16. The van der Waals surface area contributed by atoms with Gasteiger partial charge in [0, 0.05) is 17.3 Å². The van der Waals surface area contributed by atoms with Crippen LogP contribution in [0.25, 0.3) is 0 Å². The van der Waals surface area contributed by atoms with Gasteiger partial charge in [-0.25, -0.2) is 0 Å².